The summed E-state index contributed by atoms with van der Waals surface area (Å²) in [5, 5.41) is 11.1. The largest absolute Gasteiger partial charge is 0.480 e. The number of primary amides is 1. The number of hydrogen-bond donors (Lipinski definition) is 4. The van der Waals surface area contributed by atoms with E-state index in [0.717, 1.165) is 5.56 Å². The molecule has 0 radical (unpaired) electrons. The number of aliphatic carboxylic acids is 1. The number of carboxylic acid groups (broad SMARTS) is 1. The molecule has 0 saturated heterocycles. The van der Waals surface area contributed by atoms with Crippen molar-refractivity contribution in [1.82, 2.24) is 5.32 Å². The number of anilines is 1. The van der Waals surface area contributed by atoms with Crippen LogP contribution in [0.25, 0.3) is 0 Å². The number of benzene rings is 1. The van der Waals surface area contributed by atoms with Crippen molar-refractivity contribution < 1.29 is 19.5 Å². The standard InChI is InChI=1S/C12H15N3O4/c1-6-2-3-7(4-8(6)13)11(17)15-9(12(18)19)5-10(14)16/h2-4,9H,5,13H2,1H3,(H2,14,16)(H,15,17)(H,18,19). The second kappa shape index (κ2) is 5.85. The van der Waals surface area contributed by atoms with E-state index >= 15 is 0 Å². The highest BCUT2D eigenvalue weighted by atomic mass is 16.4. The highest BCUT2D eigenvalue weighted by molar-refractivity contribution is 5.98. The van der Waals surface area contributed by atoms with Crippen LogP contribution in [0.3, 0.4) is 0 Å². The Morgan fingerprint density at radius 3 is 2.47 bits per heavy atom. The molecule has 0 aliphatic rings. The lowest BCUT2D eigenvalue weighted by atomic mass is 10.1. The summed E-state index contributed by atoms with van der Waals surface area (Å²) in [6.45, 7) is 1.78. The van der Waals surface area contributed by atoms with Gasteiger partial charge in [0.1, 0.15) is 6.04 Å². The van der Waals surface area contributed by atoms with Gasteiger partial charge in [0.2, 0.25) is 5.91 Å². The number of hydrogen-bond acceptors (Lipinski definition) is 4. The minimum Gasteiger partial charge on any atom is -0.480 e. The SMILES string of the molecule is Cc1ccc(C(=O)NC(CC(N)=O)C(=O)O)cc1N. The topological polar surface area (TPSA) is 136 Å². The van der Waals surface area contributed by atoms with E-state index in [2.05, 4.69) is 5.32 Å². The van der Waals surface area contributed by atoms with Gasteiger partial charge in [0, 0.05) is 11.3 Å². The summed E-state index contributed by atoms with van der Waals surface area (Å²) in [4.78, 5) is 33.4. The van der Waals surface area contributed by atoms with E-state index in [4.69, 9.17) is 16.6 Å². The molecule has 1 rings (SSSR count). The number of rotatable bonds is 5. The van der Waals surface area contributed by atoms with E-state index in [1.165, 1.54) is 12.1 Å². The first kappa shape index (κ1) is 14.5. The molecule has 0 fully saturated rings. The maximum absolute atomic E-state index is 11.8. The highest BCUT2D eigenvalue weighted by Crippen LogP contribution is 2.13. The Kier molecular flexibility index (Phi) is 4.46. The van der Waals surface area contributed by atoms with Crippen LogP contribution in [0.5, 0.6) is 0 Å². The van der Waals surface area contributed by atoms with Crippen LogP contribution in [0.2, 0.25) is 0 Å². The van der Waals surface area contributed by atoms with E-state index < -0.39 is 30.2 Å². The summed E-state index contributed by atoms with van der Waals surface area (Å²) >= 11 is 0. The van der Waals surface area contributed by atoms with Crippen LogP contribution in [0.1, 0.15) is 22.3 Å². The summed E-state index contributed by atoms with van der Waals surface area (Å²) < 4.78 is 0. The molecule has 1 aromatic carbocycles. The number of nitrogens with two attached hydrogens (primary N) is 2. The van der Waals surface area contributed by atoms with Crippen LogP contribution in [0.15, 0.2) is 18.2 Å². The van der Waals surface area contributed by atoms with Crippen LogP contribution in [0.4, 0.5) is 5.69 Å². The van der Waals surface area contributed by atoms with Crippen molar-refractivity contribution >= 4 is 23.5 Å². The van der Waals surface area contributed by atoms with Gasteiger partial charge in [-0.2, -0.15) is 0 Å². The fraction of sp³-hybridized carbons (Fsp3) is 0.250. The Balaban J connectivity index is 2.84. The number of amides is 2. The smallest absolute Gasteiger partial charge is 0.326 e. The van der Waals surface area contributed by atoms with Crippen molar-refractivity contribution in [2.24, 2.45) is 5.73 Å². The minimum atomic E-state index is -1.35. The van der Waals surface area contributed by atoms with Crippen LogP contribution in [-0.2, 0) is 9.59 Å². The molecule has 6 N–H and O–H groups in total. The van der Waals surface area contributed by atoms with Crippen LogP contribution >= 0.6 is 0 Å². The predicted octanol–water partition coefficient (Wildman–Crippen LogP) is -0.364. The number of carbonyl (C=O) groups is 3. The Morgan fingerprint density at radius 2 is 2.00 bits per heavy atom. The molecule has 0 aliphatic carbocycles. The Morgan fingerprint density at radius 1 is 1.37 bits per heavy atom. The summed E-state index contributed by atoms with van der Waals surface area (Å²) in [5.74, 6) is -2.76. The molecule has 1 unspecified atom stereocenters. The normalized spacial score (nSPS) is 11.6. The fourth-order valence-corrected chi connectivity index (χ4v) is 1.42. The van der Waals surface area contributed by atoms with Crippen molar-refractivity contribution in [3.8, 4) is 0 Å². The van der Waals surface area contributed by atoms with Crippen molar-refractivity contribution in [1.29, 1.82) is 0 Å². The summed E-state index contributed by atoms with van der Waals surface area (Å²) in [6.07, 6.45) is -0.470. The Labute approximate surface area is 109 Å². The Bertz CT molecular complexity index is 528. The van der Waals surface area contributed by atoms with E-state index in [1.54, 1.807) is 13.0 Å². The first-order chi connectivity index (χ1) is 8.81. The molecule has 0 aliphatic heterocycles. The average molecular weight is 265 g/mol. The van der Waals surface area contributed by atoms with Gasteiger partial charge in [-0.15, -0.1) is 0 Å². The van der Waals surface area contributed by atoms with Gasteiger partial charge >= 0.3 is 5.97 Å². The molecule has 19 heavy (non-hydrogen) atoms. The van der Waals surface area contributed by atoms with E-state index in [9.17, 15) is 14.4 Å². The number of carbonyl (C=O) groups excluding carboxylic acids is 2. The molecule has 0 spiro atoms. The average Bonchev–Trinajstić information content (AvgIpc) is 2.31. The molecule has 1 aromatic rings. The number of nitrogen functional groups attached to an aromatic ring is 1. The molecule has 2 amide bonds. The molecule has 1 atom stereocenters. The molecule has 0 saturated carbocycles. The van der Waals surface area contributed by atoms with Crippen molar-refractivity contribution in [3.05, 3.63) is 29.3 Å². The zero-order valence-corrected chi connectivity index (χ0v) is 10.3. The van der Waals surface area contributed by atoms with Crippen molar-refractivity contribution in [3.63, 3.8) is 0 Å². The van der Waals surface area contributed by atoms with Gasteiger partial charge in [0.25, 0.3) is 5.91 Å². The molecule has 0 aromatic heterocycles. The van der Waals surface area contributed by atoms with Gasteiger partial charge in [0.15, 0.2) is 0 Å². The van der Waals surface area contributed by atoms with Crippen molar-refractivity contribution in [2.75, 3.05) is 5.73 Å². The zero-order chi connectivity index (χ0) is 14.6. The number of aryl methyl sites for hydroxylation is 1. The molecule has 7 nitrogen and oxygen atoms in total. The quantitative estimate of drug-likeness (QED) is 0.539. The molecule has 0 heterocycles. The second-order valence-electron chi connectivity index (χ2n) is 4.11. The van der Waals surface area contributed by atoms with Gasteiger partial charge in [-0.3, -0.25) is 9.59 Å². The third kappa shape index (κ3) is 3.98. The molecule has 7 heteroatoms. The molecule has 0 bridgehead atoms. The highest BCUT2D eigenvalue weighted by Gasteiger charge is 2.22. The predicted molar refractivity (Wildman–Crippen MR) is 68.3 cm³/mol. The number of nitrogens with one attached hydrogen (secondary N) is 1. The van der Waals surface area contributed by atoms with Crippen LogP contribution < -0.4 is 16.8 Å². The molecular formula is C12H15N3O4. The van der Waals surface area contributed by atoms with Crippen molar-refractivity contribution in [2.45, 2.75) is 19.4 Å². The Hall–Kier alpha value is -2.57. The van der Waals surface area contributed by atoms with Gasteiger partial charge in [-0.25, -0.2) is 4.79 Å². The molecule has 102 valence electrons. The second-order valence-corrected chi connectivity index (χ2v) is 4.11. The first-order valence-corrected chi connectivity index (χ1v) is 5.49. The summed E-state index contributed by atoms with van der Waals surface area (Å²) in [6, 6.07) is 3.25. The van der Waals surface area contributed by atoms with E-state index in [-0.39, 0.29) is 5.56 Å². The van der Waals surface area contributed by atoms with Crippen LogP contribution in [0, 0.1) is 6.92 Å². The van der Waals surface area contributed by atoms with E-state index in [0.29, 0.717) is 5.69 Å². The monoisotopic (exact) mass is 265 g/mol. The van der Waals surface area contributed by atoms with Gasteiger partial charge in [-0.05, 0) is 24.6 Å². The third-order valence-corrected chi connectivity index (χ3v) is 2.55. The van der Waals surface area contributed by atoms with Gasteiger partial charge < -0.3 is 21.9 Å². The lowest BCUT2D eigenvalue weighted by Gasteiger charge is -2.13. The first-order valence-electron chi connectivity index (χ1n) is 5.49. The maximum atomic E-state index is 11.8. The minimum absolute atomic E-state index is 0.221. The summed E-state index contributed by atoms with van der Waals surface area (Å²) in [7, 11) is 0. The molecular weight excluding hydrogens is 250 g/mol. The third-order valence-electron chi connectivity index (χ3n) is 2.55. The lowest BCUT2D eigenvalue weighted by Crippen LogP contribution is -2.43. The zero-order valence-electron chi connectivity index (χ0n) is 10.3. The fourth-order valence-electron chi connectivity index (χ4n) is 1.42. The maximum Gasteiger partial charge on any atom is 0.326 e. The lowest BCUT2D eigenvalue weighted by molar-refractivity contribution is -0.140. The van der Waals surface area contributed by atoms with Gasteiger partial charge in [0.05, 0.1) is 6.42 Å². The number of carboxylic acids is 1. The van der Waals surface area contributed by atoms with Crippen LogP contribution in [-0.4, -0.2) is 28.9 Å². The van der Waals surface area contributed by atoms with E-state index in [1.807, 2.05) is 0 Å². The summed E-state index contributed by atoms with van der Waals surface area (Å²) in [5.41, 5.74) is 12.0. The van der Waals surface area contributed by atoms with Gasteiger partial charge in [-0.1, -0.05) is 6.07 Å².